The lowest BCUT2D eigenvalue weighted by Gasteiger charge is -2.27. The van der Waals surface area contributed by atoms with Crippen LogP contribution in [0.15, 0.2) is 0 Å². The largest absolute Gasteiger partial charge is 0.414 e. The Kier molecular flexibility index (Phi) is 2.63. The summed E-state index contributed by atoms with van der Waals surface area (Å²) in [6.07, 6.45) is -5.39. The minimum Gasteiger partial charge on any atom is -0.365 e. The Morgan fingerprint density at radius 1 is 1.00 bits per heavy atom. The molecule has 2 unspecified atom stereocenters. The highest BCUT2D eigenvalue weighted by Crippen LogP contribution is 2.39. The zero-order valence-electron chi connectivity index (χ0n) is 8.11. The van der Waals surface area contributed by atoms with Crippen LogP contribution in [0.5, 0.6) is 0 Å². The summed E-state index contributed by atoms with van der Waals surface area (Å²) in [5, 5.41) is 0. The minimum absolute atomic E-state index is 0.103. The second-order valence-electron chi connectivity index (χ2n) is 4.60. The number of hydrogen-bond donors (Lipinski definition) is 0. The molecule has 0 aromatic carbocycles. The molecule has 0 N–H and O–H groups in total. The second kappa shape index (κ2) is 3.15. The van der Waals surface area contributed by atoms with Crippen molar-refractivity contribution < 1.29 is 17.9 Å². The quantitative estimate of drug-likeness (QED) is 0.578. The van der Waals surface area contributed by atoms with Crippen LogP contribution in [0.25, 0.3) is 0 Å². The zero-order chi connectivity index (χ0) is 10.3. The van der Waals surface area contributed by atoms with Gasteiger partial charge in [0, 0.05) is 0 Å². The summed E-state index contributed by atoms with van der Waals surface area (Å²) in [5.41, 5.74) is -0.194. The summed E-state index contributed by atoms with van der Waals surface area (Å²) >= 11 is 0. The Morgan fingerprint density at radius 2 is 1.46 bits per heavy atom. The first kappa shape index (κ1) is 10.8. The predicted octanol–water partition coefficient (Wildman–Crippen LogP) is 3.14. The standard InChI is InChI=1S/C9H15F3O/c1-8(2,3)6-4-5-7(13-6)9(10,11)12/h6-7H,4-5H2,1-3H3. The van der Waals surface area contributed by atoms with Gasteiger partial charge in [-0.15, -0.1) is 0 Å². The molecule has 0 saturated carbocycles. The molecule has 78 valence electrons. The van der Waals surface area contributed by atoms with Gasteiger partial charge in [-0.2, -0.15) is 13.2 Å². The van der Waals surface area contributed by atoms with E-state index in [2.05, 4.69) is 0 Å². The van der Waals surface area contributed by atoms with E-state index in [9.17, 15) is 13.2 Å². The fourth-order valence-corrected chi connectivity index (χ4v) is 1.52. The van der Waals surface area contributed by atoms with Gasteiger partial charge in [-0.05, 0) is 18.3 Å². The Labute approximate surface area is 76.3 Å². The predicted molar refractivity (Wildman–Crippen MR) is 43.4 cm³/mol. The molecular weight excluding hydrogens is 181 g/mol. The third kappa shape index (κ3) is 2.59. The van der Waals surface area contributed by atoms with Crippen LogP contribution in [0.2, 0.25) is 0 Å². The average Bonchev–Trinajstić information content (AvgIpc) is 2.28. The Morgan fingerprint density at radius 3 is 1.69 bits per heavy atom. The second-order valence-corrected chi connectivity index (χ2v) is 4.60. The lowest BCUT2D eigenvalue weighted by molar-refractivity contribution is -0.221. The molecule has 13 heavy (non-hydrogen) atoms. The first-order valence-corrected chi connectivity index (χ1v) is 4.43. The van der Waals surface area contributed by atoms with Gasteiger partial charge in [0.05, 0.1) is 6.10 Å². The molecular formula is C9H15F3O. The average molecular weight is 196 g/mol. The van der Waals surface area contributed by atoms with E-state index >= 15 is 0 Å². The molecule has 0 aliphatic carbocycles. The van der Waals surface area contributed by atoms with E-state index in [1.54, 1.807) is 0 Å². The summed E-state index contributed by atoms with van der Waals surface area (Å²) in [6, 6.07) is 0. The first-order valence-electron chi connectivity index (χ1n) is 4.43. The molecule has 0 aromatic rings. The molecule has 1 nitrogen and oxygen atoms in total. The molecule has 1 saturated heterocycles. The van der Waals surface area contributed by atoms with Crippen molar-refractivity contribution in [3.05, 3.63) is 0 Å². The summed E-state index contributed by atoms with van der Waals surface area (Å²) in [4.78, 5) is 0. The number of alkyl halides is 3. The smallest absolute Gasteiger partial charge is 0.365 e. The molecule has 1 fully saturated rings. The lowest BCUT2D eigenvalue weighted by atomic mass is 9.87. The highest BCUT2D eigenvalue weighted by Gasteiger charge is 2.47. The maximum Gasteiger partial charge on any atom is 0.414 e. The Balaban J connectivity index is 2.55. The maximum atomic E-state index is 12.2. The van der Waals surface area contributed by atoms with E-state index < -0.39 is 12.3 Å². The summed E-state index contributed by atoms with van der Waals surface area (Å²) in [6.45, 7) is 5.70. The Hall–Kier alpha value is -0.250. The Bertz CT molecular complexity index is 160. The van der Waals surface area contributed by atoms with Crippen molar-refractivity contribution in [3.63, 3.8) is 0 Å². The van der Waals surface area contributed by atoms with Gasteiger partial charge in [0.2, 0.25) is 0 Å². The van der Waals surface area contributed by atoms with E-state index in [4.69, 9.17) is 4.74 Å². The van der Waals surface area contributed by atoms with Crippen LogP contribution < -0.4 is 0 Å². The van der Waals surface area contributed by atoms with Crippen molar-refractivity contribution in [1.82, 2.24) is 0 Å². The first-order chi connectivity index (χ1) is 5.71. The van der Waals surface area contributed by atoms with Gasteiger partial charge in [-0.3, -0.25) is 0 Å². The highest BCUT2D eigenvalue weighted by molar-refractivity contribution is 4.85. The van der Waals surface area contributed by atoms with Crippen molar-refractivity contribution in [3.8, 4) is 0 Å². The molecule has 1 aliphatic heterocycles. The normalized spacial score (nSPS) is 30.9. The third-order valence-electron chi connectivity index (χ3n) is 2.35. The van der Waals surface area contributed by atoms with Crippen LogP contribution in [-0.4, -0.2) is 18.4 Å². The lowest BCUT2D eigenvalue weighted by Crippen LogP contribution is -2.32. The number of ether oxygens (including phenoxy) is 1. The van der Waals surface area contributed by atoms with Crippen molar-refractivity contribution in [1.29, 1.82) is 0 Å². The van der Waals surface area contributed by atoms with Gasteiger partial charge in [0.1, 0.15) is 0 Å². The van der Waals surface area contributed by atoms with Gasteiger partial charge in [0.15, 0.2) is 6.10 Å². The van der Waals surface area contributed by atoms with Crippen LogP contribution in [0.1, 0.15) is 33.6 Å². The van der Waals surface area contributed by atoms with Gasteiger partial charge in [0.25, 0.3) is 0 Å². The highest BCUT2D eigenvalue weighted by atomic mass is 19.4. The van der Waals surface area contributed by atoms with Crippen LogP contribution in [0.4, 0.5) is 13.2 Å². The molecule has 0 amide bonds. The monoisotopic (exact) mass is 196 g/mol. The van der Waals surface area contributed by atoms with Crippen molar-refractivity contribution in [2.75, 3.05) is 0 Å². The molecule has 1 aliphatic rings. The van der Waals surface area contributed by atoms with Crippen LogP contribution >= 0.6 is 0 Å². The van der Waals surface area contributed by atoms with Crippen molar-refractivity contribution >= 4 is 0 Å². The molecule has 2 atom stereocenters. The molecule has 0 radical (unpaired) electrons. The van der Waals surface area contributed by atoms with Crippen molar-refractivity contribution in [2.45, 2.75) is 52.0 Å². The van der Waals surface area contributed by atoms with Crippen LogP contribution in [0, 0.1) is 5.41 Å². The molecule has 0 bridgehead atoms. The number of hydrogen-bond acceptors (Lipinski definition) is 1. The zero-order valence-corrected chi connectivity index (χ0v) is 8.11. The molecule has 4 heteroatoms. The van der Waals surface area contributed by atoms with Gasteiger partial charge in [-0.25, -0.2) is 0 Å². The fraction of sp³-hybridized carbons (Fsp3) is 1.00. The molecule has 0 aromatic heterocycles. The third-order valence-corrected chi connectivity index (χ3v) is 2.35. The molecule has 1 rings (SSSR count). The van der Waals surface area contributed by atoms with Crippen LogP contribution in [-0.2, 0) is 4.74 Å². The van der Waals surface area contributed by atoms with E-state index in [1.807, 2.05) is 20.8 Å². The summed E-state index contributed by atoms with van der Waals surface area (Å²) in [5.74, 6) is 0. The van der Waals surface area contributed by atoms with E-state index in [-0.39, 0.29) is 17.9 Å². The number of halogens is 3. The van der Waals surface area contributed by atoms with E-state index in [0.29, 0.717) is 6.42 Å². The maximum absolute atomic E-state index is 12.2. The van der Waals surface area contributed by atoms with Crippen LogP contribution in [0.3, 0.4) is 0 Å². The minimum atomic E-state index is -4.19. The van der Waals surface area contributed by atoms with Gasteiger partial charge < -0.3 is 4.74 Å². The summed E-state index contributed by atoms with van der Waals surface area (Å²) in [7, 11) is 0. The SMILES string of the molecule is CC(C)(C)C1CCC(C(F)(F)F)O1. The molecule has 1 heterocycles. The van der Waals surface area contributed by atoms with E-state index in [1.165, 1.54) is 0 Å². The van der Waals surface area contributed by atoms with Crippen molar-refractivity contribution in [2.24, 2.45) is 5.41 Å². The number of rotatable bonds is 0. The summed E-state index contributed by atoms with van der Waals surface area (Å²) < 4.78 is 41.6. The van der Waals surface area contributed by atoms with Gasteiger partial charge >= 0.3 is 6.18 Å². The van der Waals surface area contributed by atoms with Gasteiger partial charge in [-0.1, -0.05) is 20.8 Å². The molecule has 0 spiro atoms. The topological polar surface area (TPSA) is 9.23 Å². The van der Waals surface area contributed by atoms with E-state index in [0.717, 1.165) is 0 Å². The fourth-order valence-electron chi connectivity index (χ4n) is 1.52.